The molecule has 154 valence electrons. The van der Waals surface area contributed by atoms with E-state index in [0.29, 0.717) is 31.8 Å². The topological polar surface area (TPSA) is 69.7 Å². The largest absolute Gasteiger partial charge is 0.342 e. The highest BCUT2D eigenvalue weighted by Crippen LogP contribution is 2.41. The zero-order valence-corrected chi connectivity index (χ0v) is 17.5. The summed E-state index contributed by atoms with van der Waals surface area (Å²) in [5, 5.41) is 0. The summed E-state index contributed by atoms with van der Waals surface area (Å²) >= 11 is 0. The summed E-state index contributed by atoms with van der Waals surface area (Å²) in [4.78, 5) is 17.1. The first kappa shape index (κ1) is 19.9. The highest BCUT2D eigenvalue weighted by molar-refractivity contribution is 7.88. The second kappa shape index (κ2) is 7.76. The van der Waals surface area contributed by atoms with E-state index in [1.807, 2.05) is 23.1 Å². The minimum atomic E-state index is -3.28. The van der Waals surface area contributed by atoms with Crippen molar-refractivity contribution in [1.29, 1.82) is 0 Å². The minimum Gasteiger partial charge on any atom is -0.342 e. The molecule has 28 heavy (non-hydrogen) atoms. The normalized spacial score (nSPS) is 28.8. The molecule has 1 aromatic carbocycles. The molecular formula is C21H31N3O3S. The Bertz CT molecular complexity index is 809. The van der Waals surface area contributed by atoms with E-state index in [2.05, 4.69) is 21.8 Å². The number of benzene rings is 1. The van der Waals surface area contributed by atoms with Gasteiger partial charge >= 0.3 is 0 Å². The van der Waals surface area contributed by atoms with Gasteiger partial charge in [0.05, 0.1) is 6.26 Å². The Morgan fingerprint density at radius 2 is 1.89 bits per heavy atom. The Labute approximate surface area is 168 Å². The number of rotatable bonds is 6. The van der Waals surface area contributed by atoms with Crippen molar-refractivity contribution in [2.75, 3.05) is 32.4 Å². The summed E-state index contributed by atoms with van der Waals surface area (Å²) in [6.45, 7) is 3.93. The molecule has 2 unspecified atom stereocenters. The molecule has 1 spiro atoms. The van der Waals surface area contributed by atoms with Crippen LogP contribution in [-0.2, 0) is 21.4 Å². The Hall–Kier alpha value is -1.44. The van der Waals surface area contributed by atoms with Crippen molar-refractivity contribution in [3.8, 4) is 0 Å². The maximum Gasteiger partial charge on any atom is 0.222 e. The molecule has 1 saturated carbocycles. The summed E-state index contributed by atoms with van der Waals surface area (Å²) in [7, 11) is -3.28. The monoisotopic (exact) mass is 405 g/mol. The van der Waals surface area contributed by atoms with Crippen LogP contribution in [0.1, 0.15) is 37.7 Å². The van der Waals surface area contributed by atoms with Crippen LogP contribution >= 0.6 is 0 Å². The average Bonchev–Trinajstić information content (AvgIpc) is 3.37. The van der Waals surface area contributed by atoms with Crippen molar-refractivity contribution in [2.24, 2.45) is 11.3 Å². The Balaban J connectivity index is 1.49. The van der Waals surface area contributed by atoms with Crippen molar-refractivity contribution in [3.63, 3.8) is 0 Å². The van der Waals surface area contributed by atoms with E-state index in [4.69, 9.17) is 0 Å². The number of carbonyl (C=O) groups is 1. The number of nitrogens with one attached hydrogen (secondary N) is 1. The van der Waals surface area contributed by atoms with Gasteiger partial charge in [-0.1, -0.05) is 30.3 Å². The molecule has 2 atom stereocenters. The van der Waals surface area contributed by atoms with Gasteiger partial charge in [-0.25, -0.2) is 13.1 Å². The fourth-order valence-corrected chi connectivity index (χ4v) is 5.77. The van der Waals surface area contributed by atoms with Crippen molar-refractivity contribution in [1.82, 2.24) is 14.5 Å². The van der Waals surface area contributed by atoms with Crippen LogP contribution in [0.2, 0.25) is 0 Å². The van der Waals surface area contributed by atoms with Gasteiger partial charge < -0.3 is 4.90 Å². The molecule has 6 nitrogen and oxygen atoms in total. The number of nitrogens with zero attached hydrogens (tertiary/aromatic N) is 2. The predicted molar refractivity (Wildman–Crippen MR) is 109 cm³/mol. The maximum absolute atomic E-state index is 12.7. The van der Waals surface area contributed by atoms with E-state index >= 15 is 0 Å². The second-order valence-corrected chi connectivity index (χ2v) is 10.8. The number of sulfonamides is 1. The number of hydrogen-bond acceptors (Lipinski definition) is 4. The van der Waals surface area contributed by atoms with E-state index in [9.17, 15) is 13.2 Å². The zero-order valence-electron chi connectivity index (χ0n) is 16.6. The predicted octanol–water partition coefficient (Wildman–Crippen LogP) is 1.83. The number of hydrogen-bond donors (Lipinski definition) is 1. The lowest BCUT2D eigenvalue weighted by Crippen LogP contribution is -2.60. The smallest absolute Gasteiger partial charge is 0.222 e. The number of likely N-dealkylation sites (tertiary alicyclic amines) is 2. The molecule has 2 saturated heterocycles. The summed E-state index contributed by atoms with van der Waals surface area (Å²) in [6, 6.07) is 10.3. The fourth-order valence-electron chi connectivity index (χ4n) is 4.89. The van der Waals surface area contributed by atoms with Gasteiger partial charge in [0.1, 0.15) is 0 Å². The van der Waals surface area contributed by atoms with E-state index in [0.717, 1.165) is 26.1 Å². The number of carbonyl (C=O) groups excluding carboxylic acids is 1. The number of piperidine rings is 1. The first-order valence-corrected chi connectivity index (χ1v) is 12.2. The van der Waals surface area contributed by atoms with Crippen molar-refractivity contribution >= 4 is 15.9 Å². The number of amides is 1. The molecule has 0 bridgehead atoms. The summed E-state index contributed by atoms with van der Waals surface area (Å²) in [5.41, 5.74) is 1.07. The van der Waals surface area contributed by atoms with Crippen LogP contribution in [0.15, 0.2) is 30.3 Å². The first-order valence-electron chi connectivity index (χ1n) is 10.3. The molecule has 7 heteroatoms. The fraction of sp³-hybridized carbons (Fsp3) is 0.667. The molecule has 1 amide bonds. The third-order valence-electron chi connectivity index (χ3n) is 6.52. The third kappa shape index (κ3) is 4.75. The highest BCUT2D eigenvalue weighted by atomic mass is 32.2. The SMILES string of the molecule is CS(=O)(=O)NC1CCN(C(=O)CC2CC2)CC12CCN(Cc1ccccc1)C2. The second-order valence-electron chi connectivity index (χ2n) is 9.00. The molecule has 2 aliphatic heterocycles. The highest BCUT2D eigenvalue weighted by Gasteiger charge is 2.49. The van der Waals surface area contributed by atoms with Crippen LogP contribution in [0.4, 0.5) is 0 Å². The zero-order chi connectivity index (χ0) is 19.8. The maximum atomic E-state index is 12.7. The first-order chi connectivity index (χ1) is 13.3. The molecule has 0 aromatic heterocycles. The molecular weight excluding hydrogens is 374 g/mol. The van der Waals surface area contributed by atoms with Crippen LogP contribution in [0.25, 0.3) is 0 Å². The standard InChI is InChI=1S/C21H31N3O3S/c1-28(26,27)22-19-9-11-24(20(25)13-17-7-8-17)16-21(19)10-12-23(15-21)14-18-5-3-2-4-6-18/h2-6,17,19,22H,7-16H2,1H3. The van der Waals surface area contributed by atoms with E-state index in [1.165, 1.54) is 24.7 Å². The van der Waals surface area contributed by atoms with Crippen molar-refractivity contribution < 1.29 is 13.2 Å². The quantitative estimate of drug-likeness (QED) is 0.784. The summed E-state index contributed by atoms with van der Waals surface area (Å²) in [5.74, 6) is 0.828. The minimum absolute atomic E-state index is 0.103. The van der Waals surface area contributed by atoms with Crippen LogP contribution in [0.3, 0.4) is 0 Å². The van der Waals surface area contributed by atoms with Crippen LogP contribution in [0, 0.1) is 11.3 Å². The molecule has 3 aliphatic rings. The average molecular weight is 406 g/mol. The lowest BCUT2D eigenvalue weighted by molar-refractivity contribution is -0.135. The molecule has 1 aromatic rings. The molecule has 0 radical (unpaired) electrons. The molecule has 2 heterocycles. The van der Waals surface area contributed by atoms with Crippen LogP contribution in [-0.4, -0.2) is 62.6 Å². The van der Waals surface area contributed by atoms with Gasteiger partial charge in [-0.3, -0.25) is 9.69 Å². The van der Waals surface area contributed by atoms with Gasteiger partial charge in [-0.15, -0.1) is 0 Å². The van der Waals surface area contributed by atoms with Gasteiger partial charge in [0.2, 0.25) is 15.9 Å². The molecule has 4 rings (SSSR count). The summed E-state index contributed by atoms with van der Waals surface area (Å²) in [6.07, 6.45) is 5.86. The lowest BCUT2D eigenvalue weighted by atomic mass is 9.75. The van der Waals surface area contributed by atoms with Gasteiger partial charge in [-0.2, -0.15) is 0 Å². The molecule has 3 fully saturated rings. The van der Waals surface area contributed by atoms with E-state index < -0.39 is 10.0 Å². The Morgan fingerprint density at radius 1 is 1.14 bits per heavy atom. The summed E-state index contributed by atoms with van der Waals surface area (Å²) < 4.78 is 26.8. The van der Waals surface area contributed by atoms with Crippen molar-refractivity contribution in [3.05, 3.63) is 35.9 Å². The van der Waals surface area contributed by atoms with Crippen LogP contribution < -0.4 is 4.72 Å². The van der Waals surface area contributed by atoms with Crippen molar-refractivity contribution in [2.45, 2.75) is 44.7 Å². The van der Waals surface area contributed by atoms with Gasteiger partial charge in [-0.05, 0) is 43.7 Å². The van der Waals surface area contributed by atoms with E-state index in [1.54, 1.807) is 0 Å². The third-order valence-corrected chi connectivity index (χ3v) is 7.23. The Kier molecular flexibility index (Phi) is 5.51. The Morgan fingerprint density at radius 3 is 2.57 bits per heavy atom. The molecule has 1 N–H and O–H groups in total. The van der Waals surface area contributed by atoms with Gasteiger partial charge in [0.15, 0.2) is 0 Å². The van der Waals surface area contributed by atoms with E-state index in [-0.39, 0.29) is 17.4 Å². The molecule has 1 aliphatic carbocycles. The van der Waals surface area contributed by atoms with Gasteiger partial charge in [0.25, 0.3) is 0 Å². The van der Waals surface area contributed by atoms with Crippen LogP contribution in [0.5, 0.6) is 0 Å². The van der Waals surface area contributed by atoms with Gasteiger partial charge in [0, 0.05) is 44.1 Å². The lowest BCUT2D eigenvalue weighted by Gasteiger charge is -2.46.